The molecule has 172 valence electrons. The van der Waals surface area contributed by atoms with Crippen LogP contribution in [0.3, 0.4) is 0 Å². The number of alkyl halides is 3. The van der Waals surface area contributed by atoms with Crippen LogP contribution in [0.1, 0.15) is 36.3 Å². The Morgan fingerprint density at radius 2 is 1.59 bits per heavy atom. The number of rotatable bonds is 4. The van der Waals surface area contributed by atoms with Crippen LogP contribution in [0.2, 0.25) is 0 Å². The Bertz CT molecular complexity index is 912. The molecule has 0 aliphatic carbocycles. The average Bonchev–Trinajstić information content (AvgIpc) is 2.81. The summed E-state index contributed by atoms with van der Waals surface area (Å²) >= 11 is 0. The smallest absolute Gasteiger partial charge is 0.356 e. The molecule has 0 saturated carbocycles. The van der Waals surface area contributed by atoms with Crippen molar-refractivity contribution in [3.8, 4) is 0 Å². The van der Waals surface area contributed by atoms with E-state index in [1.54, 1.807) is 6.07 Å². The summed E-state index contributed by atoms with van der Waals surface area (Å²) in [4.78, 5) is 14.7. The van der Waals surface area contributed by atoms with Gasteiger partial charge in [0.05, 0.1) is 0 Å². The molecule has 2 fully saturated rings. The first-order chi connectivity index (χ1) is 15.3. The van der Waals surface area contributed by atoms with Gasteiger partial charge in [-0.1, -0.05) is 60.7 Å². The molecule has 4 rings (SSSR count). The lowest BCUT2D eigenvalue weighted by molar-refractivity contribution is -0.271. The van der Waals surface area contributed by atoms with Gasteiger partial charge in [-0.2, -0.15) is 13.2 Å². The van der Waals surface area contributed by atoms with E-state index in [2.05, 4.69) is 17.4 Å². The molecule has 0 radical (unpaired) electrons. The SMILES string of the molecule is CO[C@@](C(=O)N1CCC2(CCNC[C@H]2c2ccccc2)CC1)(c1ccccc1)C(F)(F)F. The van der Waals surface area contributed by atoms with E-state index in [-0.39, 0.29) is 30.0 Å². The summed E-state index contributed by atoms with van der Waals surface area (Å²) in [5, 5.41) is 3.46. The summed E-state index contributed by atoms with van der Waals surface area (Å²) in [6, 6.07) is 17.5. The van der Waals surface area contributed by atoms with Gasteiger partial charge in [0, 0.05) is 38.2 Å². The third-order valence-corrected chi connectivity index (χ3v) is 7.32. The Balaban J connectivity index is 1.59. The molecule has 1 spiro atoms. The van der Waals surface area contributed by atoms with Crippen molar-refractivity contribution in [3.63, 3.8) is 0 Å². The van der Waals surface area contributed by atoms with Gasteiger partial charge >= 0.3 is 6.18 Å². The molecule has 1 N–H and O–H groups in total. The zero-order valence-corrected chi connectivity index (χ0v) is 18.2. The van der Waals surface area contributed by atoms with Crippen LogP contribution in [0.4, 0.5) is 13.2 Å². The zero-order valence-electron chi connectivity index (χ0n) is 18.2. The summed E-state index contributed by atoms with van der Waals surface area (Å²) in [7, 11) is 0.960. The number of benzene rings is 2. The molecule has 0 bridgehead atoms. The highest BCUT2D eigenvalue weighted by Gasteiger charge is 2.64. The maximum absolute atomic E-state index is 14.3. The van der Waals surface area contributed by atoms with Gasteiger partial charge in [-0.25, -0.2) is 0 Å². The molecule has 0 aromatic heterocycles. The van der Waals surface area contributed by atoms with Crippen LogP contribution < -0.4 is 5.32 Å². The fourth-order valence-electron chi connectivity index (χ4n) is 5.51. The Labute approximate surface area is 186 Å². The second kappa shape index (κ2) is 8.87. The van der Waals surface area contributed by atoms with Crippen molar-refractivity contribution in [1.82, 2.24) is 10.2 Å². The number of likely N-dealkylation sites (tertiary alicyclic amines) is 1. The average molecular weight is 447 g/mol. The molecule has 0 unspecified atom stereocenters. The van der Waals surface area contributed by atoms with Crippen LogP contribution in [-0.4, -0.2) is 50.3 Å². The Hall–Kier alpha value is -2.38. The molecule has 2 atom stereocenters. The number of carbonyl (C=O) groups excluding carboxylic acids is 1. The van der Waals surface area contributed by atoms with E-state index < -0.39 is 17.7 Å². The van der Waals surface area contributed by atoms with E-state index in [0.717, 1.165) is 26.6 Å². The number of halogens is 3. The summed E-state index contributed by atoms with van der Waals surface area (Å²) in [6.45, 7) is 2.30. The van der Waals surface area contributed by atoms with Crippen LogP contribution in [0.25, 0.3) is 0 Å². The molecule has 4 nitrogen and oxygen atoms in total. The predicted molar refractivity (Wildman–Crippen MR) is 116 cm³/mol. The highest BCUT2D eigenvalue weighted by Crippen LogP contribution is 2.50. The van der Waals surface area contributed by atoms with Crippen molar-refractivity contribution in [1.29, 1.82) is 0 Å². The van der Waals surface area contributed by atoms with Gasteiger partial charge in [0.25, 0.3) is 11.5 Å². The number of ether oxygens (including phenoxy) is 1. The normalized spacial score (nSPS) is 23.0. The minimum absolute atomic E-state index is 0.0237. The number of amides is 1. The standard InChI is InChI=1S/C25H29F3N2O2/c1-32-24(25(26,27)28,20-10-6-3-7-11-20)22(31)30-16-13-23(14-17-30)12-15-29-18-21(23)19-8-4-2-5-9-19/h2-11,21,29H,12-18H2,1H3/t21-,24+/m0/s1. The Morgan fingerprint density at radius 1 is 1.00 bits per heavy atom. The highest BCUT2D eigenvalue weighted by atomic mass is 19.4. The molecule has 1 amide bonds. The third-order valence-electron chi connectivity index (χ3n) is 7.32. The summed E-state index contributed by atoms with van der Waals surface area (Å²) in [6.07, 6.45) is -2.59. The Morgan fingerprint density at radius 3 is 2.16 bits per heavy atom. The number of nitrogens with zero attached hydrogens (tertiary/aromatic N) is 1. The summed E-state index contributed by atoms with van der Waals surface area (Å²) in [5.74, 6) is -0.752. The van der Waals surface area contributed by atoms with E-state index in [4.69, 9.17) is 4.74 Å². The second-order valence-corrected chi connectivity index (χ2v) is 8.82. The summed E-state index contributed by atoms with van der Waals surface area (Å²) in [5.41, 5.74) is -1.97. The van der Waals surface area contributed by atoms with Gasteiger partial charge in [0.1, 0.15) is 0 Å². The van der Waals surface area contributed by atoms with Gasteiger partial charge < -0.3 is 15.0 Å². The van der Waals surface area contributed by atoms with Crippen LogP contribution in [0.5, 0.6) is 0 Å². The minimum atomic E-state index is -4.88. The molecule has 2 aromatic rings. The molecule has 32 heavy (non-hydrogen) atoms. The maximum atomic E-state index is 14.3. The van der Waals surface area contributed by atoms with E-state index in [1.165, 1.54) is 34.7 Å². The highest BCUT2D eigenvalue weighted by molar-refractivity contribution is 5.88. The monoisotopic (exact) mass is 446 g/mol. The van der Waals surface area contributed by atoms with Gasteiger partial charge in [0.15, 0.2) is 0 Å². The van der Waals surface area contributed by atoms with Gasteiger partial charge in [-0.05, 0) is 36.8 Å². The van der Waals surface area contributed by atoms with Gasteiger partial charge in [-0.15, -0.1) is 0 Å². The minimum Gasteiger partial charge on any atom is -0.356 e. The number of carbonyl (C=O) groups is 1. The topological polar surface area (TPSA) is 41.6 Å². The molecule has 2 aromatic carbocycles. The van der Waals surface area contributed by atoms with Crippen LogP contribution >= 0.6 is 0 Å². The van der Waals surface area contributed by atoms with Crippen molar-refractivity contribution in [3.05, 3.63) is 71.8 Å². The predicted octanol–water partition coefficient (Wildman–Crippen LogP) is 4.48. The molecular weight excluding hydrogens is 417 g/mol. The fourth-order valence-corrected chi connectivity index (χ4v) is 5.51. The number of piperidine rings is 2. The lowest BCUT2D eigenvalue weighted by Crippen LogP contribution is -2.59. The molecule has 2 aliphatic heterocycles. The van der Waals surface area contributed by atoms with E-state index in [9.17, 15) is 18.0 Å². The fraction of sp³-hybridized carbons (Fsp3) is 0.480. The molecule has 2 heterocycles. The van der Waals surface area contributed by atoms with Crippen molar-refractivity contribution in [2.75, 3.05) is 33.3 Å². The van der Waals surface area contributed by atoms with Crippen molar-refractivity contribution in [2.45, 2.75) is 37.0 Å². The third kappa shape index (κ3) is 3.82. The number of nitrogens with one attached hydrogen (secondary N) is 1. The molecule has 2 saturated heterocycles. The number of hydrogen-bond acceptors (Lipinski definition) is 3. The number of methoxy groups -OCH3 is 1. The maximum Gasteiger partial charge on any atom is 0.430 e. The Kier molecular flexibility index (Phi) is 6.32. The molecular formula is C25H29F3N2O2. The summed E-state index contributed by atoms with van der Waals surface area (Å²) < 4.78 is 48.0. The van der Waals surface area contributed by atoms with Crippen molar-refractivity contribution in [2.24, 2.45) is 5.41 Å². The largest absolute Gasteiger partial charge is 0.430 e. The van der Waals surface area contributed by atoms with E-state index >= 15 is 0 Å². The lowest BCUT2D eigenvalue weighted by atomic mass is 9.62. The lowest BCUT2D eigenvalue weighted by Gasteiger charge is -2.50. The first-order valence-corrected chi connectivity index (χ1v) is 11.1. The van der Waals surface area contributed by atoms with Gasteiger partial charge in [-0.3, -0.25) is 4.79 Å². The molecule has 2 aliphatic rings. The van der Waals surface area contributed by atoms with E-state index in [0.29, 0.717) is 12.8 Å². The van der Waals surface area contributed by atoms with Crippen molar-refractivity contribution >= 4 is 5.91 Å². The van der Waals surface area contributed by atoms with Crippen LogP contribution in [-0.2, 0) is 15.1 Å². The van der Waals surface area contributed by atoms with Gasteiger partial charge in [0.2, 0.25) is 0 Å². The van der Waals surface area contributed by atoms with Crippen molar-refractivity contribution < 1.29 is 22.7 Å². The van der Waals surface area contributed by atoms with E-state index in [1.807, 2.05) is 18.2 Å². The second-order valence-electron chi connectivity index (χ2n) is 8.82. The van der Waals surface area contributed by atoms with Crippen LogP contribution in [0, 0.1) is 5.41 Å². The number of hydrogen-bond donors (Lipinski definition) is 1. The van der Waals surface area contributed by atoms with Crippen LogP contribution in [0.15, 0.2) is 60.7 Å². The quantitative estimate of drug-likeness (QED) is 0.753. The zero-order chi connectivity index (χ0) is 22.8. The first-order valence-electron chi connectivity index (χ1n) is 11.1. The molecule has 7 heteroatoms. The first kappa shape index (κ1) is 22.8.